The van der Waals surface area contributed by atoms with Gasteiger partial charge in [-0.15, -0.1) is 0 Å². The lowest BCUT2D eigenvalue weighted by Crippen LogP contribution is -2.46. The van der Waals surface area contributed by atoms with Gasteiger partial charge in [-0.3, -0.25) is 4.79 Å². The van der Waals surface area contributed by atoms with Crippen molar-refractivity contribution in [2.45, 2.75) is 37.2 Å². The molecule has 8 nitrogen and oxygen atoms in total. The standard InChI is InChI=1S/C11H16N2O6/c14-4-6-8(17)9(18)10(19)11-12-5(3-13(6)11)1-2-7(15)16/h3,6,8-10,14,17-19H,1-2,4H2,(H,15,16)/t6-,8-,9+,10+/m1/s1. The van der Waals surface area contributed by atoms with Crippen molar-refractivity contribution >= 4 is 5.97 Å². The summed E-state index contributed by atoms with van der Waals surface area (Å²) in [5.74, 6) is -0.845. The average molecular weight is 272 g/mol. The second kappa shape index (κ2) is 5.25. The maximum Gasteiger partial charge on any atom is 0.303 e. The van der Waals surface area contributed by atoms with E-state index in [1.165, 1.54) is 10.8 Å². The normalized spacial score (nSPS) is 30.1. The summed E-state index contributed by atoms with van der Waals surface area (Å²) in [6.07, 6.45) is -2.56. The molecule has 0 bridgehead atoms. The molecule has 2 heterocycles. The molecule has 0 fully saturated rings. The fourth-order valence-corrected chi connectivity index (χ4v) is 2.23. The van der Waals surface area contributed by atoms with Crippen LogP contribution in [0.5, 0.6) is 0 Å². The van der Waals surface area contributed by atoms with Crippen molar-refractivity contribution in [3.63, 3.8) is 0 Å². The number of aromatic nitrogens is 2. The van der Waals surface area contributed by atoms with Gasteiger partial charge in [-0.1, -0.05) is 0 Å². The monoisotopic (exact) mass is 272 g/mol. The third-order valence-electron chi connectivity index (χ3n) is 3.28. The molecule has 0 amide bonds. The molecule has 0 unspecified atom stereocenters. The van der Waals surface area contributed by atoms with Crippen molar-refractivity contribution in [3.8, 4) is 0 Å². The lowest BCUT2D eigenvalue weighted by molar-refractivity contribution is -0.136. The molecule has 0 saturated heterocycles. The van der Waals surface area contributed by atoms with Crippen LogP contribution in [0, 0.1) is 0 Å². The van der Waals surface area contributed by atoms with Crippen LogP contribution < -0.4 is 0 Å². The van der Waals surface area contributed by atoms with E-state index in [-0.39, 0.29) is 18.7 Å². The minimum absolute atomic E-state index is 0.110. The van der Waals surface area contributed by atoms with Gasteiger partial charge >= 0.3 is 5.97 Å². The Morgan fingerprint density at radius 2 is 2.00 bits per heavy atom. The summed E-state index contributed by atoms with van der Waals surface area (Å²) in [7, 11) is 0. The van der Waals surface area contributed by atoms with Crippen LogP contribution in [0.1, 0.15) is 30.1 Å². The van der Waals surface area contributed by atoms with Crippen molar-refractivity contribution in [1.82, 2.24) is 9.55 Å². The molecule has 1 aliphatic heterocycles. The van der Waals surface area contributed by atoms with Crippen LogP contribution >= 0.6 is 0 Å². The van der Waals surface area contributed by atoms with Crippen LogP contribution in [0.2, 0.25) is 0 Å². The molecule has 2 rings (SSSR count). The maximum absolute atomic E-state index is 10.5. The molecule has 1 aromatic rings. The number of fused-ring (bicyclic) bond motifs is 1. The largest absolute Gasteiger partial charge is 0.481 e. The number of hydrogen-bond donors (Lipinski definition) is 5. The molecule has 0 aliphatic carbocycles. The molecule has 1 aromatic heterocycles. The number of aliphatic hydroxyl groups excluding tert-OH is 4. The summed E-state index contributed by atoms with van der Waals surface area (Å²) in [5, 5.41) is 47.1. The second-order valence-electron chi connectivity index (χ2n) is 4.57. The lowest BCUT2D eigenvalue weighted by atomic mass is 9.96. The van der Waals surface area contributed by atoms with Gasteiger partial charge in [-0.2, -0.15) is 0 Å². The summed E-state index contributed by atoms with van der Waals surface area (Å²) in [5.41, 5.74) is 0.427. The predicted molar refractivity (Wildman–Crippen MR) is 61.3 cm³/mol. The lowest BCUT2D eigenvalue weighted by Gasteiger charge is -2.35. The quantitative estimate of drug-likeness (QED) is 0.436. The van der Waals surface area contributed by atoms with E-state index in [4.69, 9.17) is 5.11 Å². The van der Waals surface area contributed by atoms with Gasteiger partial charge in [0.05, 0.1) is 24.8 Å². The number of carbonyl (C=O) groups is 1. The van der Waals surface area contributed by atoms with Crippen molar-refractivity contribution in [1.29, 1.82) is 0 Å². The number of aliphatic carboxylic acids is 1. The molecular weight excluding hydrogens is 256 g/mol. The van der Waals surface area contributed by atoms with Crippen LogP contribution in [0.4, 0.5) is 0 Å². The molecule has 0 saturated carbocycles. The Kier molecular flexibility index (Phi) is 3.85. The number of carboxylic acids is 1. The zero-order valence-electron chi connectivity index (χ0n) is 10.0. The minimum Gasteiger partial charge on any atom is -0.481 e. The Bertz CT molecular complexity index is 474. The zero-order valence-corrected chi connectivity index (χ0v) is 10.0. The third kappa shape index (κ3) is 2.47. The molecule has 5 N–H and O–H groups in total. The Hall–Kier alpha value is -1.48. The van der Waals surface area contributed by atoms with Crippen molar-refractivity contribution in [2.24, 2.45) is 0 Å². The second-order valence-corrected chi connectivity index (χ2v) is 4.57. The highest BCUT2D eigenvalue weighted by Gasteiger charge is 2.41. The van der Waals surface area contributed by atoms with Crippen molar-refractivity contribution in [3.05, 3.63) is 17.7 Å². The number of nitrogens with zero attached hydrogens (tertiary/aromatic N) is 2. The number of imidazole rings is 1. The summed E-state index contributed by atoms with van der Waals surface area (Å²) < 4.78 is 1.39. The molecule has 0 aromatic carbocycles. The Balaban J connectivity index is 2.30. The zero-order chi connectivity index (χ0) is 14.2. The van der Waals surface area contributed by atoms with Gasteiger partial charge in [0.1, 0.15) is 24.1 Å². The number of hydrogen-bond acceptors (Lipinski definition) is 6. The first-order valence-electron chi connectivity index (χ1n) is 5.90. The van der Waals surface area contributed by atoms with Crippen molar-refractivity contribution in [2.75, 3.05) is 6.61 Å². The molecular formula is C11H16N2O6. The first-order valence-corrected chi connectivity index (χ1v) is 5.90. The number of aryl methyl sites for hydroxylation is 1. The Morgan fingerprint density at radius 1 is 1.32 bits per heavy atom. The van der Waals surface area contributed by atoms with E-state index >= 15 is 0 Å². The topological polar surface area (TPSA) is 136 Å². The minimum atomic E-state index is -1.43. The van der Waals surface area contributed by atoms with Crippen molar-refractivity contribution < 1.29 is 30.3 Å². The number of aliphatic hydroxyl groups is 4. The van der Waals surface area contributed by atoms with Gasteiger partial charge < -0.3 is 30.1 Å². The van der Waals surface area contributed by atoms with Crippen LogP contribution in [0.15, 0.2) is 6.20 Å². The molecule has 106 valence electrons. The van der Waals surface area contributed by atoms with Gasteiger partial charge in [0.25, 0.3) is 0 Å². The fraction of sp³-hybridized carbons (Fsp3) is 0.636. The first-order chi connectivity index (χ1) is 8.95. The smallest absolute Gasteiger partial charge is 0.303 e. The predicted octanol–water partition coefficient (Wildman–Crippen LogP) is -1.80. The number of carboxylic acid groups (broad SMARTS) is 1. The van der Waals surface area contributed by atoms with Gasteiger partial charge in [-0.25, -0.2) is 4.98 Å². The average Bonchev–Trinajstić information content (AvgIpc) is 2.78. The van der Waals surface area contributed by atoms with E-state index in [0.29, 0.717) is 5.69 Å². The van der Waals surface area contributed by atoms with Crippen LogP contribution in [-0.2, 0) is 11.2 Å². The molecule has 8 heteroatoms. The van der Waals surface area contributed by atoms with E-state index in [0.717, 1.165) is 0 Å². The van der Waals surface area contributed by atoms with Gasteiger partial charge in [0.2, 0.25) is 0 Å². The molecule has 19 heavy (non-hydrogen) atoms. The SMILES string of the molecule is O=C(O)CCc1cn2c(n1)[C@@H](O)[C@@H](O)[C@H](O)[C@H]2CO. The van der Waals surface area contributed by atoms with E-state index in [9.17, 15) is 25.2 Å². The Morgan fingerprint density at radius 3 is 2.58 bits per heavy atom. The summed E-state index contributed by atoms with van der Waals surface area (Å²) in [4.78, 5) is 14.6. The third-order valence-corrected chi connectivity index (χ3v) is 3.28. The highest BCUT2D eigenvalue weighted by Crippen LogP contribution is 2.32. The van der Waals surface area contributed by atoms with Crippen LogP contribution in [-0.4, -0.2) is 59.9 Å². The highest BCUT2D eigenvalue weighted by atomic mass is 16.4. The van der Waals surface area contributed by atoms with Gasteiger partial charge in [0, 0.05) is 12.6 Å². The molecule has 0 spiro atoms. The molecule has 4 atom stereocenters. The number of rotatable bonds is 4. The van der Waals surface area contributed by atoms with Crippen LogP contribution in [0.3, 0.4) is 0 Å². The van der Waals surface area contributed by atoms with Crippen LogP contribution in [0.25, 0.3) is 0 Å². The molecule has 1 aliphatic rings. The van der Waals surface area contributed by atoms with E-state index in [1.54, 1.807) is 0 Å². The van der Waals surface area contributed by atoms with E-state index < -0.39 is 36.9 Å². The van der Waals surface area contributed by atoms with Gasteiger partial charge in [-0.05, 0) is 0 Å². The van der Waals surface area contributed by atoms with E-state index in [1.807, 2.05) is 0 Å². The van der Waals surface area contributed by atoms with Gasteiger partial charge in [0.15, 0.2) is 0 Å². The first kappa shape index (κ1) is 13.9. The highest BCUT2D eigenvalue weighted by molar-refractivity contribution is 5.66. The maximum atomic E-state index is 10.5. The fourth-order valence-electron chi connectivity index (χ4n) is 2.23. The summed E-state index contributed by atoms with van der Waals surface area (Å²) in [6, 6.07) is -0.806. The Labute approximate surface area is 108 Å². The van der Waals surface area contributed by atoms with E-state index in [2.05, 4.69) is 4.98 Å². The molecule has 0 radical (unpaired) electrons. The summed E-state index contributed by atoms with van der Waals surface area (Å²) >= 11 is 0. The summed E-state index contributed by atoms with van der Waals surface area (Å²) in [6.45, 7) is -0.424.